The quantitative estimate of drug-likeness (QED) is 0.819. The Morgan fingerprint density at radius 1 is 1.31 bits per heavy atom. The van der Waals surface area contributed by atoms with Crippen LogP contribution in [0.2, 0.25) is 0 Å². The number of fused-ring (bicyclic) bond motifs is 1. The van der Waals surface area contributed by atoms with E-state index in [1.165, 1.54) is 7.11 Å². The van der Waals surface area contributed by atoms with Gasteiger partial charge in [-0.15, -0.1) is 0 Å². The molecule has 26 heavy (non-hydrogen) atoms. The minimum Gasteiger partial charge on any atom is -0.464 e. The third-order valence-electron chi connectivity index (χ3n) is 4.47. The second-order valence-corrected chi connectivity index (χ2v) is 6.92. The maximum absolute atomic E-state index is 12.6. The van der Waals surface area contributed by atoms with Crippen molar-refractivity contribution >= 4 is 28.5 Å². The number of anilines is 1. The van der Waals surface area contributed by atoms with Gasteiger partial charge in [-0.1, -0.05) is 12.1 Å². The molecule has 2 atom stereocenters. The number of hydrogen-bond donors (Lipinski definition) is 2. The first-order valence-electron chi connectivity index (χ1n) is 8.75. The maximum Gasteiger partial charge on any atom is 0.356 e. The fourth-order valence-electron chi connectivity index (χ4n) is 3.49. The zero-order chi connectivity index (χ0) is 18.8. The summed E-state index contributed by atoms with van der Waals surface area (Å²) in [4.78, 5) is 29.8. The first-order chi connectivity index (χ1) is 12.4. The van der Waals surface area contributed by atoms with Crippen LogP contribution in [0.25, 0.3) is 10.9 Å². The van der Waals surface area contributed by atoms with Crippen LogP contribution in [0.5, 0.6) is 0 Å². The molecule has 1 aliphatic heterocycles. The smallest absolute Gasteiger partial charge is 0.356 e. The van der Waals surface area contributed by atoms with Crippen molar-refractivity contribution in [3.8, 4) is 0 Å². The molecule has 7 heteroatoms. The van der Waals surface area contributed by atoms with E-state index < -0.39 is 5.97 Å². The summed E-state index contributed by atoms with van der Waals surface area (Å²) in [5, 5.41) is 3.68. The van der Waals surface area contributed by atoms with Gasteiger partial charge in [0.1, 0.15) is 5.69 Å². The van der Waals surface area contributed by atoms with E-state index in [-0.39, 0.29) is 30.4 Å². The van der Waals surface area contributed by atoms with E-state index in [0.717, 1.165) is 16.5 Å². The fraction of sp³-hybridized carbons (Fsp3) is 0.474. The van der Waals surface area contributed by atoms with E-state index in [4.69, 9.17) is 9.47 Å². The van der Waals surface area contributed by atoms with Gasteiger partial charge in [0.05, 0.1) is 31.5 Å². The maximum atomic E-state index is 12.6. The van der Waals surface area contributed by atoms with Gasteiger partial charge in [-0.05, 0) is 32.4 Å². The lowest BCUT2D eigenvalue weighted by molar-refractivity contribution is -0.121. The topological polar surface area (TPSA) is 83.7 Å². The Labute approximate surface area is 152 Å². The molecule has 1 aromatic heterocycles. The van der Waals surface area contributed by atoms with Crippen LogP contribution in [0.1, 0.15) is 29.9 Å². The van der Waals surface area contributed by atoms with Crippen molar-refractivity contribution in [3.63, 3.8) is 0 Å². The summed E-state index contributed by atoms with van der Waals surface area (Å²) >= 11 is 0. The standard InChI is InChI=1S/C19H25N3O4/c1-11-5-6-14-15(7-11)20-18(19(24)25-4)17(14)21-16(23)10-22-8-12(2)26-13(3)9-22/h5-7,12-13,20H,8-10H2,1-4H3,(H,21,23)/t12-,13+. The molecule has 1 saturated heterocycles. The number of rotatable bonds is 4. The SMILES string of the molecule is COC(=O)c1[nH]c2cc(C)ccc2c1NC(=O)CN1C[C@@H](C)O[C@@H](C)C1. The van der Waals surface area contributed by atoms with Crippen LogP contribution in [-0.4, -0.2) is 60.7 Å². The minimum atomic E-state index is -0.511. The molecular weight excluding hydrogens is 334 g/mol. The lowest BCUT2D eigenvalue weighted by atomic mass is 10.1. The molecular formula is C19H25N3O4. The van der Waals surface area contributed by atoms with Crippen LogP contribution >= 0.6 is 0 Å². The molecule has 7 nitrogen and oxygen atoms in total. The van der Waals surface area contributed by atoms with Gasteiger partial charge in [-0.3, -0.25) is 9.69 Å². The second-order valence-electron chi connectivity index (χ2n) is 6.92. The number of aryl methyl sites for hydroxylation is 1. The highest BCUT2D eigenvalue weighted by atomic mass is 16.5. The Morgan fingerprint density at radius 3 is 2.65 bits per heavy atom. The zero-order valence-electron chi connectivity index (χ0n) is 15.6. The predicted octanol–water partition coefficient (Wildman–Crippen LogP) is 2.31. The molecule has 0 aliphatic carbocycles. The molecule has 0 spiro atoms. The third-order valence-corrected chi connectivity index (χ3v) is 4.47. The molecule has 1 amide bonds. The molecule has 2 heterocycles. The first kappa shape index (κ1) is 18.4. The van der Waals surface area contributed by atoms with Crippen LogP contribution in [0, 0.1) is 6.92 Å². The Balaban J connectivity index is 1.82. The van der Waals surface area contributed by atoms with Crippen LogP contribution in [0.3, 0.4) is 0 Å². The number of benzene rings is 1. The number of aromatic amines is 1. The number of ether oxygens (including phenoxy) is 2. The van der Waals surface area contributed by atoms with E-state index in [9.17, 15) is 9.59 Å². The third kappa shape index (κ3) is 3.89. The van der Waals surface area contributed by atoms with Crippen LogP contribution < -0.4 is 5.32 Å². The van der Waals surface area contributed by atoms with Crippen molar-refractivity contribution in [3.05, 3.63) is 29.5 Å². The molecule has 1 aliphatic rings. The predicted molar refractivity (Wildman–Crippen MR) is 99.5 cm³/mol. The highest BCUT2D eigenvalue weighted by molar-refractivity contribution is 6.11. The summed E-state index contributed by atoms with van der Waals surface area (Å²) in [5.41, 5.74) is 2.56. The Hall–Kier alpha value is -2.38. The number of carbonyl (C=O) groups excluding carboxylic acids is 2. The second kappa shape index (κ2) is 7.47. The lowest BCUT2D eigenvalue weighted by Gasteiger charge is -2.34. The molecule has 1 fully saturated rings. The molecule has 0 saturated carbocycles. The number of H-pyrrole nitrogens is 1. The highest BCUT2D eigenvalue weighted by Crippen LogP contribution is 2.29. The molecule has 2 N–H and O–H groups in total. The summed E-state index contributed by atoms with van der Waals surface area (Å²) in [5.74, 6) is -0.680. The van der Waals surface area contributed by atoms with Crippen LogP contribution in [0.15, 0.2) is 18.2 Å². The van der Waals surface area contributed by atoms with Crippen molar-refractivity contribution in [1.29, 1.82) is 0 Å². The first-order valence-corrected chi connectivity index (χ1v) is 8.75. The largest absolute Gasteiger partial charge is 0.464 e. The number of carbonyl (C=O) groups is 2. The van der Waals surface area contributed by atoms with E-state index in [0.29, 0.717) is 18.8 Å². The molecule has 2 aromatic rings. The van der Waals surface area contributed by atoms with Crippen molar-refractivity contribution in [2.75, 3.05) is 32.1 Å². The van der Waals surface area contributed by atoms with Crippen molar-refractivity contribution in [2.45, 2.75) is 33.0 Å². The van der Waals surface area contributed by atoms with Gasteiger partial charge in [-0.2, -0.15) is 0 Å². The Kier molecular flexibility index (Phi) is 5.29. The normalized spacial score (nSPS) is 20.9. The summed E-state index contributed by atoms with van der Waals surface area (Å²) < 4.78 is 10.5. The average Bonchev–Trinajstić information content (AvgIpc) is 2.90. The molecule has 3 rings (SSSR count). The summed E-state index contributed by atoms with van der Waals surface area (Å²) in [6, 6.07) is 5.77. The fourth-order valence-corrected chi connectivity index (χ4v) is 3.49. The number of aromatic nitrogens is 1. The monoisotopic (exact) mass is 359 g/mol. The highest BCUT2D eigenvalue weighted by Gasteiger charge is 2.25. The number of amides is 1. The van der Waals surface area contributed by atoms with Crippen molar-refractivity contribution < 1.29 is 19.1 Å². The van der Waals surface area contributed by atoms with E-state index >= 15 is 0 Å². The van der Waals surface area contributed by atoms with E-state index in [2.05, 4.69) is 15.2 Å². The number of morpholine rings is 1. The number of methoxy groups -OCH3 is 1. The van der Waals surface area contributed by atoms with Gasteiger partial charge in [0.15, 0.2) is 0 Å². The van der Waals surface area contributed by atoms with Gasteiger partial charge < -0.3 is 19.8 Å². The molecule has 0 unspecified atom stereocenters. The Bertz CT molecular complexity index is 820. The van der Waals surface area contributed by atoms with Crippen molar-refractivity contribution in [1.82, 2.24) is 9.88 Å². The average molecular weight is 359 g/mol. The number of nitrogens with zero attached hydrogens (tertiary/aromatic N) is 1. The van der Waals surface area contributed by atoms with Gasteiger partial charge in [0.2, 0.25) is 5.91 Å². The Morgan fingerprint density at radius 2 is 2.00 bits per heavy atom. The number of hydrogen-bond acceptors (Lipinski definition) is 5. The zero-order valence-corrected chi connectivity index (χ0v) is 15.6. The summed E-state index contributed by atoms with van der Waals surface area (Å²) in [6.07, 6.45) is 0.182. The van der Waals surface area contributed by atoms with Crippen LogP contribution in [-0.2, 0) is 14.3 Å². The van der Waals surface area contributed by atoms with Gasteiger partial charge in [-0.25, -0.2) is 4.79 Å². The minimum absolute atomic E-state index is 0.0910. The van der Waals surface area contributed by atoms with Gasteiger partial charge in [0.25, 0.3) is 0 Å². The summed E-state index contributed by atoms with van der Waals surface area (Å²) in [7, 11) is 1.32. The van der Waals surface area contributed by atoms with Gasteiger partial charge in [0, 0.05) is 24.0 Å². The molecule has 1 aromatic carbocycles. The molecule has 0 radical (unpaired) electrons. The summed E-state index contributed by atoms with van der Waals surface area (Å²) in [6.45, 7) is 7.62. The lowest BCUT2D eigenvalue weighted by Crippen LogP contribution is -2.48. The van der Waals surface area contributed by atoms with E-state index in [1.807, 2.05) is 39.0 Å². The van der Waals surface area contributed by atoms with Crippen LogP contribution in [0.4, 0.5) is 5.69 Å². The molecule has 0 bridgehead atoms. The van der Waals surface area contributed by atoms with Gasteiger partial charge >= 0.3 is 5.97 Å². The van der Waals surface area contributed by atoms with Crippen molar-refractivity contribution in [2.24, 2.45) is 0 Å². The number of esters is 1. The van der Waals surface area contributed by atoms with E-state index in [1.54, 1.807) is 0 Å². The number of nitrogens with one attached hydrogen (secondary N) is 2. The molecule has 140 valence electrons.